The van der Waals surface area contributed by atoms with Gasteiger partial charge in [0.15, 0.2) is 4.67 Å². The molecule has 1 aliphatic heterocycles. The molecule has 0 amide bonds. The number of hydrogen-bond donors (Lipinski definition) is 2. The summed E-state index contributed by atoms with van der Waals surface area (Å²) < 4.78 is 36.4. The third-order valence-corrected chi connectivity index (χ3v) is 5.34. The van der Waals surface area contributed by atoms with Gasteiger partial charge in [0, 0.05) is 25.8 Å². The quantitative estimate of drug-likeness (QED) is 0.787. The van der Waals surface area contributed by atoms with E-state index in [2.05, 4.69) is 20.7 Å². The van der Waals surface area contributed by atoms with E-state index in [1.54, 1.807) is 0 Å². The molecule has 0 aromatic carbocycles. The minimum absolute atomic E-state index is 0.119. The third kappa shape index (κ3) is 3.60. The molecule has 0 saturated carbocycles. The molecule has 9 heteroatoms. The lowest BCUT2D eigenvalue weighted by Gasteiger charge is -2.08. The smallest absolute Gasteiger partial charge is 0.371 e. The highest BCUT2D eigenvalue weighted by atomic mass is 79.9. The van der Waals surface area contributed by atoms with Gasteiger partial charge in [-0.3, -0.25) is 0 Å². The van der Waals surface area contributed by atoms with E-state index < -0.39 is 21.8 Å². The normalized spacial score (nSPS) is 19.4. The maximum Gasteiger partial charge on any atom is 0.371 e. The molecule has 112 valence electrons. The molecule has 0 bridgehead atoms. The van der Waals surface area contributed by atoms with Crippen molar-refractivity contribution in [2.24, 2.45) is 5.92 Å². The number of furan rings is 1. The molecule has 1 atom stereocenters. The van der Waals surface area contributed by atoms with E-state index in [9.17, 15) is 13.2 Å². The molecule has 1 saturated heterocycles. The van der Waals surface area contributed by atoms with Crippen molar-refractivity contribution in [3.8, 4) is 0 Å². The highest BCUT2D eigenvalue weighted by molar-refractivity contribution is 9.10. The third-order valence-electron chi connectivity index (χ3n) is 3.02. The molecule has 1 aromatic rings. The van der Waals surface area contributed by atoms with Crippen LogP contribution in [-0.4, -0.2) is 39.3 Å². The summed E-state index contributed by atoms with van der Waals surface area (Å²) in [6.45, 7) is 1.64. The number of carbonyl (C=O) groups is 1. The molecule has 1 aromatic heterocycles. The molecule has 0 aliphatic carbocycles. The number of aromatic carboxylic acids is 1. The zero-order valence-electron chi connectivity index (χ0n) is 10.5. The predicted octanol–water partition coefficient (Wildman–Crippen LogP) is 1.45. The molecule has 0 radical (unpaired) electrons. The van der Waals surface area contributed by atoms with Crippen LogP contribution < -0.4 is 4.72 Å². The Hall–Kier alpha value is -0.900. The Morgan fingerprint density at radius 1 is 1.55 bits per heavy atom. The highest BCUT2D eigenvalue weighted by Crippen LogP contribution is 2.26. The second kappa shape index (κ2) is 6.25. The van der Waals surface area contributed by atoms with E-state index in [0.29, 0.717) is 25.6 Å². The fourth-order valence-electron chi connectivity index (χ4n) is 1.93. The number of sulfonamides is 1. The van der Waals surface area contributed by atoms with Gasteiger partial charge in [-0.25, -0.2) is 17.9 Å². The summed E-state index contributed by atoms with van der Waals surface area (Å²) in [6, 6.07) is 0.980. The van der Waals surface area contributed by atoms with Crippen LogP contribution in [0, 0.1) is 5.92 Å². The molecule has 2 rings (SSSR count). The number of carboxylic acid groups (broad SMARTS) is 1. The molecule has 0 spiro atoms. The molecule has 2 N–H and O–H groups in total. The molecule has 20 heavy (non-hydrogen) atoms. The lowest BCUT2D eigenvalue weighted by Crippen LogP contribution is -2.26. The SMILES string of the molecule is O=C(O)c1cc(S(=O)(=O)NCCC2CCOC2)c(Br)o1. The van der Waals surface area contributed by atoms with Crippen LogP contribution in [0.5, 0.6) is 0 Å². The van der Waals surface area contributed by atoms with E-state index >= 15 is 0 Å². The number of rotatable bonds is 6. The van der Waals surface area contributed by atoms with Crippen molar-refractivity contribution in [3.63, 3.8) is 0 Å². The van der Waals surface area contributed by atoms with E-state index in [0.717, 1.165) is 12.5 Å². The molecule has 1 unspecified atom stereocenters. The fourth-order valence-corrected chi connectivity index (χ4v) is 3.91. The summed E-state index contributed by atoms with van der Waals surface area (Å²) in [4.78, 5) is 10.5. The zero-order chi connectivity index (χ0) is 14.8. The monoisotopic (exact) mass is 367 g/mol. The van der Waals surface area contributed by atoms with Gasteiger partial charge in [-0.15, -0.1) is 0 Å². The number of hydrogen-bond acceptors (Lipinski definition) is 5. The Morgan fingerprint density at radius 2 is 2.30 bits per heavy atom. The van der Waals surface area contributed by atoms with Crippen LogP contribution in [0.25, 0.3) is 0 Å². The lowest BCUT2D eigenvalue weighted by atomic mass is 10.1. The molecule has 7 nitrogen and oxygen atoms in total. The van der Waals surface area contributed by atoms with E-state index in [-0.39, 0.29) is 16.1 Å². The second-order valence-electron chi connectivity index (χ2n) is 4.47. The van der Waals surface area contributed by atoms with Gasteiger partial charge in [-0.05, 0) is 34.7 Å². The largest absolute Gasteiger partial charge is 0.475 e. The Kier molecular flexibility index (Phi) is 4.84. The lowest BCUT2D eigenvalue weighted by molar-refractivity contribution is 0.0661. The van der Waals surface area contributed by atoms with Crippen molar-refractivity contribution in [2.75, 3.05) is 19.8 Å². The topological polar surface area (TPSA) is 106 Å². The summed E-state index contributed by atoms with van der Waals surface area (Å²) >= 11 is 2.91. The van der Waals surface area contributed by atoms with Crippen molar-refractivity contribution in [1.29, 1.82) is 0 Å². The summed E-state index contributed by atoms with van der Waals surface area (Å²) in [5, 5.41) is 8.76. The van der Waals surface area contributed by atoms with Gasteiger partial charge >= 0.3 is 5.97 Å². The summed E-state index contributed by atoms with van der Waals surface area (Å²) in [5.41, 5.74) is 0. The van der Waals surface area contributed by atoms with Crippen LogP contribution in [0.2, 0.25) is 0 Å². The van der Waals surface area contributed by atoms with E-state index in [1.165, 1.54) is 0 Å². The van der Waals surface area contributed by atoms with E-state index in [4.69, 9.17) is 14.3 Å². The Bertz CT molecular complexity index is 590. The number of carboxylic acids is 1. The van der Waals surface area contributed by atoms with Crippen molar-refractivity contribution in [3.05, 3.63) is 16.5 Å². The van der Waals surface area contributed by atoms with Crippen molar-refractivity contribution in [1.82, 2.24) is 4.72 Å². The number of nitrogens with one attached hydrogen (secondary N) is 1. The molecule has 2 heterocycles. The van der Waals surface area contributed by atoms with Crippen LogP contribution in [-0.2, 0) is 14.8 Å². The highest BCUT2D eigenvalue weighted by Gasteiger charge is 2.25. The Balaban J connectivity index is 2.00. The van der Waals surface area contributed by atoms with Crippen molar-refractivity contribution in [2.45, 2.75) is 17.7 Å². The molecular formula is C11H14BrNO6S. The first-order valence-corrected chi connectivity index (χ1v) is 8.28. The van der Waals surface area contributed by atoms with Crippen LogP contribution >= 0.6 is 15.9 Å². The summed E-state index contributed by atoms with van der Waals surface area (Å²) in [6.07, 6.45) is 1.61. The van der Waals surface area contributed by atoms with Gasteiger partial charge in [0.2, 0.25) is 15.8 Å². The summed E-state index contributed by atoms with van der Waals surface area (Å²) in [7, 11) is -3.79. The van der Waals surface area contributed by atoms with Crippen LogP contribution in [0.1, 0.15) is 23.4 Å². The molecular weight excluding hydrogens is 354 g/mol. The first-order valence-electron chi connectivity index (χ1n) is 6.00. The molecule has 1 fully saturated rings. The molecule has 1 aliphatic rings. The minimum Gasteiger partial charge on any atom is -0.475 e. The van der Waals surface area contributed by atoms with E-state index in [1.807, 2.05) is 0 Å². The van der Waals surface area contributed by atoms with Crippen molar-refractivity contribution < 1.29 is 27.5 Å². The van der Waals surface area contributed by atoms with Gasteiger partial charge in [0.1, 0.15) is 4.90 Å². The van der Waals surface area contributed by atoms with Gasteiger partial charge in [-0.2, -0.15) is 0 Å². The minimum atomic E-state index is -3.79. The first kappa shape index (κ1) is 15.5. The van der Waals surface area contributed by atoms with Gasteiger partial charge in [0.05, 0.1) is 0 Å². The van der Waals surface area contributed by atoms with Crippen molar-refractivity contribution >= 4 is 31.9 Å². The maximum absolute atomic E-state index is 12.0. The second-order valence-corrected chi connectivity index (χ2v) is 6.93. The van der Waals surface area contributed by atoms with Crippen LogP contribution in [0.3, 0.4) is 0 Å². The van der Waals surface area contributed by atoms with Gasteiger partial charge < -0.3 is 14.3 Å². The fraction of sp³-hybridized carbons (Fsp3) is 0.545. The van der Waals surface area contributed by atoms with Gasteiger partial charge in [-0.1, -0.05) is 0 Å². The number of ether oxygens (including phenoxy) is 1. The number of halogens is 1. The zero-order valence-corrected chi connectivity index (χ0v) is 12.9. The summed E-state index contributed by atoms with van der Waals surface area (Å²) in [5.74, 6) is -1.39. The maximum atomic E-state index is 12.0. The standard InChI is InChI=1S/C11H14BrNO6S/c12-10-9(5-8(19-10)11(14)15)20(16,17)13-3-1-7-2-4-18-6-7/h5,7,13H,1-4,6H2,(H,14,15). The average molecular weight is 368 g/mol. The Morgan fingerprint density at radius 3 is 2.85 bits per heavy atom. The van der Waals surface area contributed by atoms with Crippen LogP contribution in [0.15, 0.2) is 20.0 Å². The Labute approximate surface area is 124 Å². The van der Waals surface area contributed by atoms with Crippen LogP contribution in [0.4, 0.5) is 0 Å². The van der Waals surface area contributed by atoms with Gasteiger partial charge in [0.25, 0.3) is 0 Å². The average Bonchev–Trinajstić information content (AvgIpc) is 2.98. The first-order chi connectivity index (χ1) is 9.40. The predicted molar refractivity (Wildman–Crippen MR) is 72.1 cm³/mol.